The molecule has 1 aliphatic rings. The molecular formula is C11H15N7O. The van der Waals surface area contributed by atoms with E-state index >= 15 is 0 Å². The smallest absolute Gasteiger partial charge is 0.242 e. The van der Waals surface area contributed by atoms with Crippen LogP contribution >= 0.6 is 0 Å². The number of hydrogen-bond donors (Lipinski definition) is 3. The van der Waals surface area contributed by atoms with E-state index in [-0.39, 0.29) is 17.9 Å². The monoisotopic (exact) mass is 261 g/mol. The number of nitrogens with two attached hydrogens (primary N) is 1. The Morgan fingerprint density at radius 2 is 2.37 bits per heavy atom. The van der Waals surface area contributed by atoms with Crippen molar-refractivity contribution in [2.75, 3.05) is 23.7 Å². The molecule has 0 spiro atoms. The molecule has 0 bridgehead atoms. The SMILES string of the molecule is CCC1C(=O)NCCN1c1nc(N)nc2nc[nH]c12. The number of H-pyrrole nitrogens is 1. The lowest BCUT2D eigenvalue weighted by Crippen LogP contribution is -2.55. The second-order valence-corrected chi connectivity index (χ2v) is 4.42. The normalized spacial score (nSPS) is 19.7. The third-order valence-corrected chi connectivity index (χ3v) is 3.27. The number of aromatic amines is 1. The van der Waals surface area contributed by atoms with Crippen LogP contribution < -0.4 is 16.0 Å². The number of anilines is 2. The number of hydrogen-bond acceptors (Lipinski definition) is 6. The van der Waals surface area contributed by atoms with Crippen LogP contribution in [-0.2, 0) is 4.79 Å². The summed E-state index contributed by atoms with van der Waals surface area (Å²) in [5.41, 5.74) is 6.94. The van der Waals surface area contributed by atoms with Crippen LogP contribution in [0.4, 0.5) is 11.8 Å². The lowest BCUT2D eigenvalue weighted by molar-refractivity contribution is -0.123. The van der Waals surface area contributed by atoms with Crippen LogP contribution in [-0.4, -0.2) is 45.0 Å². The second-order valence-electron chi connectivity index (χ2n) is 4.42. The summed E-state index contributed by atoms with van der Waals surface area (Å²) in [7, 11) is 0. The van der Waals surface area contributed by atoms with Crippen LogP contribution in [0.1, 0.15) is 13.3 Å². The van der Waals surface area contributed by atoms with Gasteiger partial charge in [0.05, 0.1) is 6.33 Å². The summed E-state index contributed by atoms with van der Waals surface area (Å²) >= 11 is 0. The third kappa shape index (κ3) is 1.85. The molecule has 4 N–H and O–H groups in total. The Bertz CT molecular complexity index is 623. The summed E-state index contributed by atoms with van der Waals surface area (Å²) in [6, 6.07) is -0.241. The lowest BCUT2D eigenvalue weighted by Gasteiger charge is -2.35. The largest absolute Gasteiger partial charge is 0.368 e. The maximum Gasteiger partial charge on any atom is 0.242 e. The highest BCUT2D eigenvalue weighted by Crippen LogP contribution is 2.25. The fraction of sp³-hybridized carbons (Fsp3) is 0.455. The van der Waals surface area contributed by atoms with Gasteiger partial charge in [0, 0.05) is 13.1 Å². The van der Waals surface area contributed by atoms with Gasteiger partial charge in [0.15, 0.2) is 11.5 Å². The first-order chi connectivity index (χ1) is 9.20. The number of nitrogens with zero attached hydrogens (tertiary/aromatic N) is 4. The molecule has 1 aliphatic heterocycles. The van der Waals surface area contributed by atoms with Crippen LogP contribution in [0.25, 0.3) is 11.2 Å². The Morgan fingerprint density at radius 1 is 1.53 bits per heavy atom. The molecule has 2 aromatic heterocycles. The van der Waals surface area contributed by atoms with Crippen LogP contribution in [0.3, 0.4) is 0 Å². The predicted octanol–water partition coefficient (Wildman–Crippen LogP) is -0.350. The first-order valence-electron chi connectivity index (χ1n) is 6.21. The molecule has 2 aromatic rings. The van der Waals surface area contributed by atoms with E-state index < -0.39 is 0 Å². The second kappa shape index (κ2) is 4.38. The molecule has 19 heavy (non-hydrogen) atoms. The van der Waals surface area contributed by atoms with E-state index in [0.29, 0.717) is 36.5 Å². The highest BCUT2D eigenvalue weighted by molar-refractivity contribution is 5.91. The van der Waals surface area contributed by atoms with E-state index in [2.05, 4.69) is 25.3 Å². The molecule has 0 aromatic carbocycles. The number of carbonyl (C=O) groups excluding carboxylic acids is 1. The average Bonchev–Trinajstić information content (AvgIpc) is 2.85. The van der Waals surface area contributed by atoms with E-state index in [4.69, 9.17) is 5.73 Å². The molecular weight excluding hydrogens is 246 g/mol. The molecule has 3 heterocycles. The Labute approximate surface area is 109 Å². The number of rotatable bonds is 2. The zero-order chi connectivity index (χ0) is 13.4. The van der Waals surface area contributed by atoms with Crippen molar-refractivity contribution in [3.05, 3.63) is 6.33 Å². The van der Waals surface area contributed by atoms with Gasteiger partial charge < -0.3 is 20.9 Å². The fourth-order valence-electron chi connectivity index (χ4n) is 2.42. The van der Waals surface area contributed by atoms with Crippen molar-refractivity contribution in [1.29, 1.82) is 0 Å². The first-order valence-corrected chi connectivity index (χ1v) is 6.21. The predicted molar refractivity (Wildman–Crippen MR) is 70.5 cm³/mol. The highest BCUT2D eigenvalue weighted by Gasteiger charge is 2.30. The molecule has 0 radical (unpaired) electrons. The first kappa shape index (κ1) is 11.7. The van der Waals surface area contributed by atoms with Gasteiger partial charge in [-0.25, -0.2) is 4.98 Å². The fourth-order valence-corrected chi connectivity index (χ4v) is 2.42. The van der Waals surface area contributed by atoms with Crippen molar-refractivity contribution in [3.8, 4) is 0 Å². The molecule has 1 amide bonds. The van der Waals surface area contributed by atoms with Gasteiger partial charge in [0.2, 0.25) is 11.9 Å². The molecule has 0 aliphatic carbocycles. The van der Waals surface area contributed by atoms with Crippen molar-refractivity contribution >= 4 is 28.8 Å². The molecule has 1 fully saturated rings. The molecule has 3 rings (SSSR count). The van der Waals surface area contributed by atoms with Gasteiger partial charge in [-0.3, -0.25) is 4.79 Å². The van der Waals surface area contributed by atoms with Crippen molar-refractivity contribution in [2.24, 2.45) is 0 Å². The Morgan fingerprint density at radius 3 is 3.16 bits per heavy atom. The minimum atomic E-state index is -0.241. The maximum absolute atomic E-state index is 11.9. The van der Waals surface area contributed by atoms with Gasteiger partial charge in [0.1, 0.15) is 11.6 Å². The van der Waals surface area contributed by atoms with E-state index in [1.54, 1.807) is 6.33 Å². The maximum atomic E-state index is 11.9. The number of carbonyl (C=O) groups is 1. The topological polar surface area (TPSA) is 113 Å². The zero-order valence-electron chi connectivity index (χ0n) is 10.6. The van der Waals surface area contributed by atoms with Crippen molar-refractivity contribution < 1.29 is 4.79 Å². The van der Waals surface area contributed by atoms with Crippen LogP contribution in [0.2, 0.25) is 0 Å². The van der Waals surface area contributed by atoms with Gasteiger partial charge in [-0.05, 0) is 6.42 Å². The zero-order valence-corrected chi connectivity index (χ0v) is 10.6. The number of piperazine rings is 1. The quantitative estimate of drug-likeness (QED) is 0.681. The molecule has 8 nitrogen and oxygen atoms in total. The number of imidazole rings is 1. The molecule has 1 atom stereocenters. The summed E-state index contributed by atoms with van der Waals surface area (Å²) in [6.07, 6.45) is 2.25. The highest BCUT2D eigenvalue weighted by atomic mass is 16.2. The van der Waals surface area contributed by atoms with E-state index in [0.717, 1.165) is 0 Å². The summed E-state index contributed by atoms with van der Waals surface area (Å²) in [5.74, 6) is 0.815. The van der Waals surface area contributed by atoms with E-state index in [1.807, 2.05) is 11.8 Å². The molecule has 8 heteroatoms. The minimum absolute atomic E-state index is 0.0126. The number of aromatic nitrogens is 4. The number of nitrogens with one attached hydrogen (secondary N) is 2. The summed E-state index contributed by atoms with van der Waals surface area (Å²) in [5, 5.41) is 2.86. The van der Waals surface area contributed by atoms with Crippen molar-refractivity contribution in [2.45, 2.75) is 19.4 Å². The summed E-state index contributed by atoms with van der Waals surface area (Å²) < 4.78 is 0. The van der Waals surface area contributed by atoms with Gasteiger partial charge in [-0.1, -0.05) is 6.92 Å². The standard InChI is InChI=1S/C11H15N7O/c1-2-6-10(19)13-3-4-18(6)9-7-8(15-5-14-7)16-11(12)17-9/h5-6H,2-4H2,1H3,(H,13,19)(H3,12,14,15,16,17). The van der Waals surface area contributed by atoms with Crippen molar-refractivity contribution in [1.82, 2.24) is 25.3 Å². The Balaban J connectivity index is 2.11. The average molecular weight is 261 g/mol. The molecule has 100 valence electrons. The lowest BCUT2D eigenvalue weighted by atomic mass is 10.1. The number of fused-ring (bicyclic) bond motifs is 1. The van der Waals surface area contributed by atoms with E-state index in [9.17, 15) is 4.79 Å². The van der Waals surface area contributed by atoms with Crippen molar-refractivity contribution in [3.63, 3.8) is 0 Å². The Kier molecular flexibility index (Phi) is 2.69. The van der Waals surface area contributed by atoms with Gasteiger partial charge >= 0.3 is 0 Å². The molecule has 0 saturated carbocycles. The Hall–Kier alpha value is -2.38. The molecule has 1 unspecified atom stereocenters. The van der Waals surface area contributed by atoms with E-state index in [1.165, 1.54) is 0 Å². The molecule has 1 saturated heterocycles. The van der Waals surface area contributed by atoms with Crippen LogP contribution in [0, 0.1) is 0 Å². The van der Waals surface area contributed by atoms with Crippen LogP contribution in [0.5, 0.6) is 0 Å². The minimum Gasteiger partial charge on any atom is -0.368 e. The van der Waals surface area contributed by atoms with Gasteiger partial charge in [-0.2, -0.15) is 9.97 Å². The number of amides is 1. The summed E-state index contributed by atoms with van der Waals surface area (Å²) in [4.78, 5) is 29.3. The third-order valence-electron chi connectivity index (χ3n) is 3.27. The summed E-state index contributed by atoms with van der Waals surface area (Å²) in [6.45, 7) is 3.25. The van der Waals surface area contributed by atoms with Gasteiger partial charge in [0.25, 0.3) is 0 Å². The number of nitrogen functional groups attached to an aromatic ring is 1. The van der Waals surface area contributed by atoms with Gasteiger partial charge in [-0.15, -0.1) is 0 Å². The van der Waals surface area contributed by atoms with Crippen LogP contribution in [0.15, 0.2) is 6.33 Å².